The highest BCUT2D eigenvalue weighted by molar-refractivity contribution is 5.84. The summed E-state index contributed by atoms with van der Waals surface area (Å²) in [6.45, 7) is 0.595. The molecule has 1 aliphatic rings. The molecule has 0 saturated carbocycles. The summed E-state index contributed by atoms with van der Waals surface area (Å²) >= 11 is 0. The Hall–Kier alpha value is -2.94. The molecule has 1 amide bonds. The van der Waals surface area contributed by atoms with Crippen molar-refractivity contribution in [2.75, 3.05) is 26.9 Å². The Morgan fingerprint density at radius 3 is 2.81 bits per heavy atom. The first-order valence-corrected chi connectivity index (χ1v) is 8.15. The molecule has 1 N–H and O–H groups in total. The number of hydrogen-bond acceptors (Lipinski definition) is 7. The van der Waals surface area contributed by atoms with Gasteiger partial charge < -0.3 is 24.0 Å². The molecule has 26 heavy (non-hydrogen) atoms. The maximum atomic E-state index is 12.3. The Morgan fingerprint density at radius 1 is 1.35 bits per heavy atom. The van der Waals surface area contributed by atoms with E-state index >= 15 is 0 Å². The van der Waals surface area contributed by atoms with Crippen LogP contribution in [0.3, 0.4) is 0 Å². The number of amides is 1. The van der Waals surface area contributed by atoms with E-state index in [1.165, 1.54) is 4.90 Å². The van der Waals surface area contributed by atoms with Gasteiger partial charge in [0.05, 0.1) is 20.3 Å². The van der Waals surface area contributed by atoms with E-state index < -0.39 is 12.0 Å². The maximum Gasteiger partial charge on any atom is 0.328 e. The molecule has 1 saturated heterocycles. The Labute approximate surface area is 149 Å². The summed E-state index contributed by atoms with van der Waals surface area (Å²) in [6, 6.07) is 6.25. The van der Waals surface area contributed by atoms with Gasteiger partial charge in [0.25, 0.3) is 0 Å². The minimum Gasteiger partial charge on any atom is -0.497 e. The predicted octanol–water partition coefficient (Wildman–Crippen LogP) is 0.990. The lowest BCUT2D eigenvalue weighted by Crippen LogP contribution is -2.52. The molecule has 1 fully saturated rings. The summed E-state index contributed by atoms with van der Waals surface area (Å²) in [6.07, 6.45) is 0.333. The number of morpholine rings is 1. The zero-order valence-electron chi connectivity index (χ0n) is 14.3. The lowest BCUT2D eigenvalue weighted by Gasteiger charge is -2.32. The molecule has 3 rings (SSSR count). The number of rotatable bonds is 6. The molecule has 1 aliphatic heterocycles. The number of aryl methyl sites for hydroxylation is 1. The third-order valence-corrected chi connectivity index (χ3v) is 4.10. The molecule has 9 nitrogen and oxygen atoms in total. The fourth-order valence-electron chi connectivity index (χ4n) is 2.68. The normalized spacial score (nSPS) is 17.1. The standard InChI is InChI=1S/C17H19N3O6/c1-24-12-4-2-11(3-5-12)16-18-14(26-19-16)6-7-15(21)20-8-9-25-10-13(20)17(22)23/h2-5,13H,6-10H2,1H3,(H,22,23). The highest BCUT2D eigenvalue weighted by Crippen LogP contribution is 2.20. The van der Waals surface area contributed by atoms with Crippen molar-refractivity contribution in [3.8, 4) is 17.1 Å². The van der Waals surface area contributed by atoms with E-state index in [2.05, 4.69) is 10.1 Å². The zero-order valence-corrected chi connectivity index (χ0v) is 14.3. The van der Waals surface area contributed by atoms with Crippen molar-refractivity contribution in [1.82, 2.24) is 15.0 Å². The average molecular weight is 361 g/mol. The minimum atomic E-state index is -1.07. The molecule has 0 radical (unpaired) electrons. The summed E-state index contributed by atoms with van der Waals surface area (Å²) in [4.78, 5) is 29.2. The van der Waals surface area contributed by atoms with Crippen LogP contribution in [0.15, 0.2) is 28.8 Å². The van der Waals surface area contributed by atoms with Crippen molar-refractivity contribution in [2.45, 2.75) is 18.9 Å². The number of ether oxygens (including phenoxy) is 2. The van der Waals surface area contributed by atoms with Crippen LogP contribution in [0.2, 0.25) is 0 Å². The number of carbonyl (C=O) groups is 2. The van der Waals surface area contributed by atoms with Crippen LogP contribution in [0.25, 0.3) is 11.4 Å². The molecule has 9 heteroatoms. The Balaban J connectivity index is 1.60. The molecule has 1 unspecified atom stereocenters. The van der Waals surface area contributed by atoms with Crippen molar-refractivity contribution in [2.24, 2.45) is 0 Å². The summed E-state index contributed by atoms with van der Waals surface area (Å²) in [5.41, 5.74) is 0.770. The Kier molecular flexibility index (Phi) is 5.47. The fraction of sp³-hybridized carbons (Fsp3) is 0.412. The van der Waals surface area contributed by atoms with E-state index in [4.69, 9.17) is 14.0 Å². The van der Waals surface area contributed by atoms with E-state index in [1.54, 1.807) is 19.2 Å². The van der Waals surface area contributed by atoms with Gasteiger partial charge in [-0.05, 0) is 24.3 Å². The van der Waals surface area contributed by atoms with E-state index in [1.807, 2.05) is 12.1 Å². The van der Waals surface area contributed by atoms with Gasteiger partial charge in [0.1, 0.15) is 5.75 Å². The van der Waals surface area contributed by atoms with Crippen molar-refractivity contribution in [1.29, 1.82) is 0 Å². The topological polar surface area (TPSA) is 115 Å². The summed E-state index contributed by atoms with van der Waals surface area (Å²) < 4.78 is 15.4. The average Bonchev–Trinajstić information content (AvgIpc) is 3.15. The second-order valence-corrected chi connectivity index (χ2v) is 5.76. The summed E-state index contributed by atoms with van der Waals surface area (Å²) in [5, 5.41) is 13.1. The van der Waals surface area contributed by atoms with Gasteiger partial charge in [-0.3, -0.25) is 4.79 Å². The molecule has 2 heterocycles. The molecule has 2 aromatic rings. The Bertz CT molecular complexity index is 773. The van der Waals surface area contributed by atoms with Gasteiger partial charge in [-0.1, -0.05) is 5.16 Å². The summed E-state index contributed by atoms with van der Waals surface area (Å²) in [7, 11) is 1.59. The SMILES string of the molecule is COc1ccc(-c2noc(CCC(=O)N3CCOCC3C(=O)O)n2)cc1. The molecule has 138 valence electrons. The van der Waals surface area contributed by atoms with Gasteiger partial charge in [-0.2, -0.15) is 4.98 Å². The number of methoxy groups -OCH3 is 1. The van der Waals surface area contributed by atoms with Crippen molar-refractivity contribution in [3.05, 3.63) is 30.2 Å². The molecule has 1 aromatic heterocycles. The quantitative estimate of drug-likeness (QED) is 0.810. The van der Waals surface area contributed by atoms with Crippen molar-refractivity contribution >= 4 is 11.9 Å². The lowest BCUT2D eigenvalue weighted by molar-refractivity contribution is -0.158. The highest BCUT2D eigenvalue weighted by atomic mass is 16.5. The van der Waals surface area contributed by atoms with Crippen LogP contribution in [0.5, 0.6) is 5.75 Å². The van der Waals surface area contributed by atoms with Gasteiger partial charge >= 0.3 is 5.97 Å². The number of hydrogen-bond donors (Lipinski definition) is 1. The fourth-order valence-corrected chi connectivity index (χ4v) is 2.68. The van der Waals surface area contributed by atoms with E-state index in [-0.39, 0.29) is 31.9 Å². The molecule has 1 aromatic carbocycles. The predicted molar refractivity (Wildman–Crippen MR) is 88.6 cm³/mol. The number of aromatic nitrogens is 2. The lowest BCUT2D eigenvalue weighted by atomic mass is 10.2. The molecule has 0 aliphatic carbocycles. The van der Waals surface area contributed by atoms with Crippen LogP contribution in [-0.4, -0.2) is 64.9 Å². The first-order chi connectivity index (χ1) is 12.6. The summed E-state index contributed by atoms with van der Waals surface area (Å²) in [5.74, 6) is 0.123. The zero-order chi connectivity index (χ0) is 18.5. The first kappa shape index (κ1) is 17.9. The number of aliphatic carboxylic acids is 1. The van der Waals surface area contributed by atoms with E-state index in [9.17, 15) is 14.7 Å². The molecule has 0 spiro atoms. The van der Waals surface area contributed by atoms with Crippen LogP contribution in [0.1, 0.15) is 12.3 Å². The second-order valence-electron chi connectivity index (χ2n) is 5.76. The van der Waals surface area contributed by atoms with Gasteiger partial charge in [0.2, 0.25) is 17.6 Å². The van der Waals surface area contributed by atoms with Crippen molar-refractivity contribution < 1.29 is 28.7 Å². The first-order valence-electron chi connectivity index (χ1n) is 8.15. The Morgan fingerprint density at radius 2 is 2.12 bits per heavy atom. The van der Waals surface area contributed by atoms with Gasteiger partial charge in [-0.25, -0.2) is 4.79 Å². The third-order valence-electron chi connectivity index (χ3n) is 4.10. The monoisotopic (exact) mass is 361 g/mol. The van der Waals surface area contributed by atoms with Crippen LogP contribution >= 0.6 is 0 Å². The smallest absolute Gasteiger partial charge is 0.328 e. The second kappa shape index (κ2) is 7.96. The molecule has 1 atom stereocenters. The van der Waals surface area contributed by atoms with Crippen LogP contribution < -0.4 is 4.74 Å². The third kappa shape index (κ3) is 3.99. The number of nitrogens with zero attached hydrogens (tertiary/aromatic N) is 3. The number of carbonyl (C=O) groups excluding carboxylic acids is 1. The van der Waals surface area contributed by atoms with Gasteiger partial charge in [0.15, 0.2) is 6.04 Å². The largest absolute Gasteiger partial charge is 0.497 e. The van der Waals surface area contributed by atoms with E-state index in [0.29, 0.717) is 18.3 Å². The number of carboxylic acids is 1. The van der Waals surface area contributed by atoms with Gasteiger partial charge in [0, 0.05) is 24.9 Å². The maximum absolute atomic E-state index is 12.3. The molecular weight excluding hydrogens is 342 g/mol. The molecule has 0 bridgehead atoms. The van der Waals surface area contributed by atoms with Crippen LogP contribution in [0.4, 0.5) is 0 Å². The van der Waals surface area contributed by atoms with E-state index in [0.717, 1.165) is 11.3 Å². The van der Waals surface area contributed by atoms with Crippen LogP contribution in [-0.2, 0) is 20.7 Å². The van der Waals surface area contributed by atoms with Gasteiger partial charge in [-0.15, -0.1) is 0 Å². The minimum absolute atomic E-state index is 0.00322. The number of carboxylic acid groups (broad SMARTS) is 1. The highest BCUT2D eigenvalue weighted by Gasteiger charge is 2.32. The number of benzene rings is 1. The molecular formula is C17H19N3O6. The van der Waals surface area contributed by atoms with Crippen molar-refractivity contribution in [3.63, 3.8) is 0 Å². The van der Waals surface area contributed by atoms with Crippen LogP contribution in [0, 0.1) is 0 Å².